The van der Waals surface area contributed by atoms with Crippen LogP contribution in [-0.2, 0) is 0 Å². The van der Waals surface area contributed by atoms with Gasteiger partial charge in [-0.3, -0.25) is 0 Å². The zero-order valence-electron chi connectivity index (χ0n) is 16.6. The van der Waals surface area contributed by atoms with Gasteiger partial charge in [0.15, 0.2) is 11.9 Å². The van der Waals surface area contributed by atoms with Gasteiger partial charge in [-0.05, 0) is 48.9 Å². The van der Waals surface area contributed by atoms with Crippen molar-refractivity contribution in [2.45, 2.75) is 44.0 Å². The number of hydrogen-bond acceptors (Lipinski definition) is 7. The number of halogens is 1. The monoisotopic (exact) mass is 486 g/mol. The lowest BCUT2D eigenvalue weighted by Crippen LogP contribution is -2.17. The van der Waals surface area contributed by atoms with Crippen molar-refractivity contribution < 1.29 is 9.84 Å². The van der Waals surface area contributed by atoms with Crippen LogP contribution >= 0.6 is 27.7 Å². The van der Waals surface area contributed by atoms with Crippen LogP contribution in [0.1, 0.15) is 44.4 Å². The van der Waals surface area contributed by atoms with Gasteiger partial charge in [-0.25, -0.2) is 0 Å². The van der Waals surface area contributed by atoms with Crippen molar-refractivity contribution in [3.05, 3.63) is 52.5 Å². The number of ether oxygens (including phenoxy) is 1. The van der Waals surface area contributed by atoms with Crippen LogP contribution < -0.4 is 10.1 Å². The number of thioether (sulfide) groups is 1. The molecule has 0 bridgehead atoms. The van der Waals surface area contributed by atoms with Crippen molar-refractivity contribution in [3.63, 3.8) is 0 Å². The maximum Gasteiger partial charge on any atom is 0.247 e. The maximum absolute atomic E-state index is 9.63. The molecule has 0 spiro atoms. The maximum atomic E-state index is 9.63. The van der Waals surface area contributed by atoms with E-state index < -0.39 is 6.23 Å². The van der Waals surface area contributed by atoms with Gasteiger partial charge >= 0.3 is 0 Å². The van der Waals surface area contributed by atoms with E-state index in [4.69, 9.17) is 4.74 Å². The molecule has 1 aromatic heterocycles. The van der Waals surface area contributed by atoms with Gasteiger partial charge in [-0.15, -0.1) is 10.2 Å². The second-order valence-electron chi connectivity index (χ2n) is 7.08. The Hall–Kier alpha value is -2.32. The van der Waals surface area contributed by atoms with Gasteiger partial charge in [-0.1, -0.05) is 53.9 Å². The Labute approximate surface area is 188 Å². The predicted molar refractivity (Wildman–Crippen MR) is 123 cm³/mol. The second-order valence-corrected chi connectivity index (χ2v) is 9.06. The number of benzene rings is 2. The van der Waals surface area contributed by atoms with Crippen molar-refractivity contribution in [1.29, 1.82) is 0 Å². The number of nitrogens with zero attached hydrogens (tertiary/aromatic N) is 3. The van der Waals surface area contributed by atoms with Gasteiger partial charge in [0.2, 0.25) is 11.0 Å². The van der Waals surface area contributed by atoms with E-state index in [0.29, 0.717) is 16.7 Å². The Bertz CT molecular complexity index is 1020. The summed E-state index contributed by atoms with van der Waals surface area (Å²) in [6, 6.07) is 12.9. The molecule has 0 unspecified atom stereocenters. The van der Waals surface area contributed by atoms with E-state index >= 15 is 0 Å². The molecular formula is C22H23BrN4O2S. The quantitative estimate of drug-likeness (QED) is 0.304. The van der Waals surface area contributed by atoms with E-state index in [-0.39, 0.29) is 5.75 Å². The summed E-state index contributed by atoms with van der Waals surface area (Å²) in [7, 11) is 0. The molecule has 1 aliphatic heterocycles. The van der Waals surface area contributed by atoms with Crippen LogP contribution in [0.5, 0.6) is 11.6 Å². The molecule has 2 N–H and O–H groups in total. The van der Waals surface area contributed by atoms with Gasteiger partial charge in [0.05, 0.1) is 0 Å². The lowest BCUT2D eigenvalue weighted by molar-refractivity contribution is 0.225. The SMILES string of the molecule is CCCCCCSc1nnc2c(n1)O[C@@H](c1ccc(O)cc1)Nc1ccc(Br)cc1-2. The molecule has 1 atom stereocenters. The molecule has 2 heterocycles. The van der Waals surface area contributed by atoms with E-state index in [0.717, 1.165) is 33.5 Å². The van der Waals surface area contributed by atoms with Crippen molar-refractivity contribution in [2.75, 3.05) is 11.1 Å². The highest BCUT2D eigenvalue weighted by Gasteiger charge is 2.26. The Morgan fingerprint density at radius 3 is 2.73 bits per heavy atom. The smallest absolute Gasteiger partial charge is 0.247 e. The molecular weight excluding hydrogens is 464 g/mol. The van der Waals surface area contributed by atoms with E-state index in [1.807, 2.05) is 30.3 Å². The summed E-state index contributed by atoms with van der Waals surface area (Å²) in [6.07, 6.45) is 4.35. The zero-order valence-corrected chi connectivity index (χ0v) is 19.0. The van der Waals surface area contributed by atoms with Gasteiger partial charge in [0.1, 0.15) is 5.75 Å². The molecule has 156 valence electrons. The average Bonchev–Trinajstić information content (AvgIpc) is 2.90. The van der Waals surface area contributed by atoms with Crippen LogP contribution in [0.25, 0.3) is 11.3 Å². The number of rotatable bonds is 7. The Balaban J connectivity index is 1.65. The largest absolute Gasteiger partial charge is 0.508 e. The van der Waals surface area contributed by atoms with Gasteiger partial charge in [0.25, 0.3) is 0 Å². The number of aromatic nitrogens is 3. The minimum absolute atomic E-state index is 0.211. The number of fused-ring (bicyclic) bond motifs is 3. The summed E-state index contributed by atoms with van der Waals surface area (Å²) in [4.78, 5) is 4.68. The average molecular weight is 487 g/mol. The van der Waals surface area contributed by atoms with Crippen LogP contribution in [0.15, 0.2) is 52.1 Å². The van der Waals surface area contributed by atoms with E-state index in [1.165, 1.54) is 19.3 Å². The van der Waals surface area contributed by atoms with E-state index in [1.54, 1.807) is 23.9 Å². The fourth-order valence-corrected chi connectivity index (χ4v) is 4.36. The highest BCUT2D eigenvalue weighted by Crippen LogP contribution is 2.41. The van der Waals surface area contributed by atoms with E-state index in [2.05, 4.69) is 43.4 Å². The minimum atomic E-state index is -0.467. The minimum Gasteiger partial charge on any atom is -0.508 e. The third kappa shape index (κ3) is 4.87. The molecule has 1 aliphatic rings. The molecule has 30 heavy (non-hydrogen) atoms. The third-order valence-electron chi connectivity index (χ3n) is 4.81. The summed E-state index contributed by atoms with van der Waals surface area (Å²) < 4.78 is 7.19. The molecule has 0 amide bonds. The topological polar surface area (TPSA) is 80.2 Å². The summed E-state index contributed by atoms with van der Waals surface area (Å²) >= 11 is 5.14. The number of nitrogens with one attached hydrogen (secondary N) is 1. The number of hydrogen-bond donors (Lipinski definition) is 2. The van der Waals surface area contributed by atoms with Crippen molar-refractivity contribution in [1.82, 2.24) is 15.2 Å². The highest BCUT2D eigenvalue weighted by molar-refractivity contribution is 9.10. The first-order chi connectivity index (χ1) is 14.6. The van der Waals surface area contributed by atoms with Crippen molar-refractivity contribution in [2.24, 2.45) is 0 Å². The standard InChI is InChI=1S/C22H23BrN4O2S/c1-2-3-4-5-12-30-22-25-21-19(26-27-22)17-13-15(23)8-11-18(17)24-20(29-21)14-6-9-16(28)10-7-14/h6-11,13,20,24,28H,2-5,12H2,1H3/t20-/m0/s1. The summed E-state index contributed by atoms with van der Waals surface area (Å²) in [6.45, 7) is 2.21. The fraction of sp³-hybridized carbons (Fsp3) is 0.318. The molecule has 0 fully saturated rings. The third-order valence-corrected chi connectivity index (χ3v) is 6.23. The molecule has 6 nitrogen and oxygen atoms in total. The summed E-state index contributed by atoms with van der Waals surface area (Å²) in [5.41, 5.74) is 3.24. The molecule has 0 saturated carbocycles. The Morgan fingerprint density at radius 2 is 1.93 bits per heavy atom. The predicted octanol–water partition coefficient (Wildman–Crippen LogP) is 6.18. The lowest BCUT2D eigenvalue weighted by Gasteiger charge is -2.19. The zero-order chi connectivity index (χ0) is 20.9. The first kappa shape index (κ1) is 20.9. The lowest BCUT2D eigenvalue weighted by atomic mass is 10.1. The van der Waals surface area contributed by atoms with Gasteiger partial charge in [0, 0.05) is 27.0 Å². The van der Waals surface area contributed by atoms with Crippen LogP contribution in [0.3, 0.4) is 0 Å². The first-order valence-electron chi connectivity index (χ1n) is 10.0. The van der Waals surface area contributed by atoms with Crippen molar-refractivity contribution in [3.8, 4) is 22.9 Å². The molecule has 8 heteroatoms. The summed E-state index contributed by atoms with van der Waals surface area (Å²) in [5.74, 6) is 1.62. The fourth-order valence-electron chi connectivity index (χ4n) is 3.22. The number of anilines is 1. The van der Waals surface area contributed by atoms with Crippen LogP contribution in [0, 0.1) is 0 Å². The molecule has 0 aliphatic carbocycles. The van der Waals surface area contributed by atoms with Crippen LogP contribution in [0.2, 0.25) is 0 Å². The van der Waals surface area contributed by atoms with Gasteiger partial charge in [-0.2, -0.15) is 4.98 Å². The summed E-state index contributed by atoms with van der Waals surface area (Å²) in [5, 5.41) is 22.5. The molecule has 3 aromatic rings. The molecule has 2 aromatic carbocycles. The first-order valence-corrected chi connectivity index (χ1v) is 11.8. The second kappa shape index (κ2) is 9.66. The molecule has 4 rings (SSSR count). The van der Waals surface area contributed by atoms with Crippen LogP contribution in [0.4, 0.5) is 5.69 Å². The number of phenols is 1. The Morgan fingerprint density at radius 1 is 1.10 bits per heavy atom. The van der Waals surface area contributed by atoms with Gasteiger partial charge < -0.3 is 15.2 Å². The van der Waals surface area contributed by atoms with E-state index in [9.17, 15) is 5.11 Å². The number of unbranched alkanes of at least 4 members (excludes halogenated alkanes) is 3. The number of phenolic OH excluding ortho intramolecular Hbond substituents is 1. The Kier molecular flexibility index (Phi) is 6.74. The molecule has 0 radical (unpaired) electrons. The normalized spacial score (nSPS) is 14.8. The highest BCUT2D eigenvalue weighted by atomic mass is 79.9. The number of aromatic hydroxyl groups is 1. The molecule has 0 saturated heterocycles. The van der Waals surface area contributed by atoms with Crippen LogP contribution in [-0.4, -0.2) is 26.0 Å². The van der Waals surface area contributed by atoms with Crippen molar-refractivity contribution >= 4 is 33.4 Å².